The smallest absolute Gasteiger partial charge is 0.366 e. The van der Waals surface area contributed by atoms with Crippen molar-refractivity contribution in [2.24, 2.45) is 17.2 Å². The van der Waals surface area contributed by atoms with Crippen molar-refractivity contribution in [3.05, 3.63) is 195 Å². The van der Waals surface area contributed by atoms with Crippen molar-refractivity contribution in [1.29, 1.82) is 0 Å². The molecule has 9 rings (SSSR count). The lowest BCUT2D eigenvalue weighted by Crippen LogP contribution is -2.14. The number of nitrogens with two attached hydrogens (primary N) is 3. The van der Waals surface area contributed by atoms with Crippen LogP contribution in [0.5, 0.6) is 0 Å². The van der Waals surface area contributed by atoms with E-state index in [1.807, 2.05) is 52.0 Å². The fourth-order valence-corrected chi connectivity index (χ4v) is 7.93. The molecule has 3 aromatic carbocycles. The Morgan fingerprint density at radius 2 is 0.974 bits per heavy atom. The summed E-state index contributed by atoms with van der Waals surface area (Å²) < 4.78 is 56.4. The van der Waals surface area contributed by atoms with Crippen LogP contribution in [0, 0.1) is 40.4 Å². The summed E-state index contributed by atoms with van der Waals surface area (Å²) in [5.74, 6) is -1.59. The summed E-state index contributed by atoms with van der Waals surface area (Å²) in [6.45, 7) is 9.60. The number of hydrogen-bond donors (Lipinski definition) is 3. The van der Waals surface area contributed by atoms with Crippen molar-refractivity contribution < 1.29 is 31.9 Å². The van der Waals surface area contributed by atoms with Crippen LogP contribution >= 0.6 is 23.2 Å². The summed E-state index contributed by atoms with van der Waals surface area (Å²) in [4.78, 5) is 59.5. The van der Waals surface area contributed by atoms with E-state index >= 15 is 0 Å². The van der Waals surface area contributed by atoms with E-state index < -0.39 is 35.3 Å². The Labute approximate surface area is 452 Å². The van der Waals surface area contributed by atoms with Gasteiger partial charge in [0.15, 0.2) is 17.5 Å². The molecule has 6 heterocycles. The topological polar surface area (TPSA) is 260 Å². The first-order valence-electron chi connectivity index (χ1n) is 23.0. The fourth-order valence-electron chi connectivity index (χ4n) is 7.60. The highest BCUT2D eigenvalue weighted by molar-refractivity contribution is 6.34. The van der Waals surface area contributed by atoms with Gasteiger partial charge in [-0.25, -0.2) is 43.4 Å². The van der Waals surface area contributed by atoms with Crippen LogP contribution in [0.15, 0.2) is 129 Å². The highest BCUT2D eigenvalue weighted by Crippen LogP contribution is 2.33. The summed E-state index contributed by atoms with van der Waals surface area (Å²) in [5, 5.41) is 13.4. The van der Waals surface area contributed by atoms with Gasteiger partial charge < -0.3 is 17.2 Å². The van der Waals surface area contributed by atoms with E-state index in [1.165, 1.54) is 78.5 Å². The van der Waals surface area contributed by atoms with Crippen LogP contribution in [-0.4, -0.2) is 77.0 Å². The zero-order valence-electron chi connectivity index (χ0n) is 41.9. The Balaban J connectivity index is 0.000000170. The molecule has 0 bridgehead atoms. The fraction of sp³-hybridized carbons (Fsp3) is 0.111. The van der Waals surface area contributed by atoms with Gasteiger partial charge in [-0.15, -0.1) is 15.3 Å². The molecule has 0 spiro atoms. The summed E-state index contributed by atoms with van der Waals surface area (Å²) in [6, 6.07) is 23.3. The second-order valence-corrected chi connectivity index (χ2v) is 18.1. The maximum atomic E-state index is 13.4. The molecule has 396 valence electrons. The second kappa shape index (κ2) is 24.4. The third-order valence-electron chi connectivity index (χ3n) is 10.8. The molecule has 0 radical (unpaired) electrons. The molecule has 78 heavy (non-hydrogen) atoms. The van der Waals surface area contributed by atoms with E-state index in [0.717, 1.165) is 62.5 Å². The van der Waals surface area contributed by atoms with Crippen molar-refractivity contribution in [3.63, 3.8) is 0 Å². The number of nitrogens with zero attached hydrogens (tertiary/aromatic N) is 12. The van der Waals surface area contributed by atoms with Gasteiger partial charge in [0.1, 0.15) is 35.1 Å². The van der Waals surface area contributed by atoms with Gasteiger partial charge in [-0.3, -0.25) is 19.4 Å². The predicted octanol–water partition coefficient (Wildman–Crippen LogP) is 9.48. The Bertz CT molecular complexity index is 3750. The molecule has 6 aromatic heterocycles. The number of alkyl halides is 3. The van der Waals surface area contributed by atoms with Gasteiger partial charge >= 0.3 is 6.18 Å². The average Bonchev–Trinajstić information content (AvgIpc) is 4.19. The zero-order chi connectivity index (χ0) is 56.4. The Hall–Kier alpha value is -9.54. The highest BCUT2D eigenvalue weighted by atomic mass is 35.5. The van der Waals surface area contributed by atoms with Gasteiger partial charge in [0.05, 0.1) is 28.5 Å². The number of aromatic nitrogens is 12. The molecule has 0 atom stereocenters. The summed E-state index contributed by atoms with van der Waals surface area (Å²) in [5.41, 5.74) is 23.9. The number of carbonyl (C=O) groups excluding carboxylic acids is 3. The quantitative estimate of drug-likeness (QED) is 0.0587. The first-order chi connectivity index (χ1) is 37.0. The standard InChI is InChI=1S/2C18H16ClN5O.C18H13F4N5O/c1-11-5-12(2)7-14(6-11)18-22-10-24(23-18)9-15(17(20)25)13-3-4-16(19)21-8-13;1-11-6-12(2)8-13(7-11)18-22-10-24(23-18)9-15(17(20)25)14-4-3-5-21-16(14)19;1-10-2-11(4-13(3-10)18(20,21)22)17-25-9-27(26-17)8-15(16(23)28)12-5-14(19)7-24-6-12/h2*3-10H,1-2H3,(H2,20,25);2-9H,1H3,(H2,23,28)/b2*15-9+;15-8+. The molecule has 9 aromatic rings. The van der Waals surface area contributed by atoms with E-state index in [1.54, 1.807) is 24.3 Å². The van der Waals surface area contributed by atoms with Gasteiger partial charge in [-0.2, -0.15) is 13.2 Å². The van der Waals surface area contributed by atoms with Crippen molar-refractivity contribution >= 4 is 76.2 Å². The predicted molar refractivity (Wildman–Crippen MR) is 288 cm³/mol. The highest BCUT2D eigenvalue weighted by Gasteiger charge is 2.31. The average molecular weight is 1100 g/mol. The van der Waals surface area contributed by atoms with Crippen LogP contribution in [0.3, 0.4) is 0 Å². The van der Waals surface area contributed by atoms with Crippen LogP contribution in [0.25, 0.3) is 69.5 Å². The minimum Gasteiger partial charge on any atom is -0.366 e. The van der Waals surface area contributed by atoms with Crippen molar-refractivity contribution in [2.75, 3.05) is 0 Å². The second-order valence-electron chi connectivity index (χ2n) is 17.3. The number of amides is 3. The number of primary amides is 3. The Morgan fingerprint density at radius 3 is 1.40 bits per heavy atom. The number of aryl methyl sites for hydroxylation is 5. The molecule has 0 aliphatic heterocycles. The molecule has 6 N–H and O–H groups in total. The molecule has 0 aliphatic carbocycles. The van der Waals surface area contributed by atoms with Crippen LogP contribution in [0.1, 0.15) is 50.1 Å². The van der Waals surface area contributed by atoms with Crippen molar-refractivity contribution in [1.82, 2.24) is 59.2 Å². The number of rotatable bonds is 12. The lowest BCUT2D eigenvalue weighted by molar-refractivity contribution is -0.137. The molecule has 3 amide bonds. The minimum absolute atomic E-state index is 0.0200. The first kappa shape index (κ1) is 56.2. The zero-order valence-corrected chi connectivity index (χ0v) is 43.5. The van der Waals surface area contributed by atoms with E-state index in [-0.39, 0.29) is 38.8 Å². The Kier molecular flexibility index (Phi) is 17.6. The number of hydrogen-bond acceptors (Lipinski definition) is 12. The maximum Gasteiger partial charge on any atom is 0.416 e. The van der Waals surface area contributed by atoms with Gasteiger partial charge in [0.2, 0.25) is 0 Å². The lowest BCUT2D eigenvalue weighted by atomic mass is 10.1. The van der Waals surface area contributed by atoms with Crippen LogP contribution < -0.4 is 17.2 Å². The van der Waals surface area contributed by atoms with Crippen molar-refractivity contribution in [2.45, 2.75) is 40.8 Å². The number of benzene rings is 3. The molecule has 0 unspecified atom stereocenters. The van der Waals surface area contributed by atoms with Crippen molar-refractivity contribution in [3.8, 4) is 34.2 Å². The maximum absolute atomic E-state index is 13.4. The van der Waals surface area contributed by atoms with E-state index in [0.29, 0.717) is 33.5 Å². The SMILES string of the molecule is Cc1cc(-c2ncn(/C=C(/C(N)=O)c3cncc(F)c3)n2)cc(C(F)(F)F)c1.Cc1cc(C)cc(-c2ncn(/C=C(/C(N)=O)c3ccc(Cl)nc3)n2)c1.Cc1cc(C)cc(-c2ncn(/C=C(/C(N)=O)c3cccnc3Cl)n2)c1. The van der Waals surface area contributed by atoms with E-state index in [9.17, 15) is 31.9 Å². The third-order valence-corrected chi connectivity index (χ3v) is 11.4. The number of pyridine rings is 3. The van der Waals surface area contributed by atoms with Gasteiger partial charge in [0.25, 0.3) is 17.7 Å². The number of halogens is 6. The summed E-state index contributed by atoms with van der Waals surface area (Å²) in [6.07, 6.45) is 9.16. The molecule has 0 saturated heterocycles. The molecule has 0 aliphatic rings. The molecule has 0 fully saturated rings. The van der Waals surface area contributed by atoms with Gasteiger partial charge in [-0.1, -0.05) is 57.6 Å². The van der Waals surface area contributed by atoms with Crippen LogP contribution in [-0.2, 0) is 20.6 Å². The van der Waals surface area contributed by atoms with Gasteiger partial charge in [0, 0.05) is 70.6 Å². The largest absolute Gasteiger partial charge is 0.416 e. The molecule has 0 saturated carbocycles. The normalized spacial score (nSPS) is 11.8. The van der Waals surface area contributed by atoms with Crippen LogP contribution in [0.4, 0.5) is 17.6 Å². The summed E-state index contributed by atoms with van der Waals surface area (Å²) >= 11 is 11.8. The van der Waals surface area contributed by atoms with E-state index in [2.05, 4.69) is 57.3 Å². The molecule has 24 heteroatoms. The van der Waals surface area contributed by atoms with E-state index in [4.69, 9.17) is 40.4 Å². The lowest BCUT2D eigenvalue weighted by Gasteiger charge is -2.09. The molecular formula is C54H45Cl2F4N15O3. The minimum atomic E-state index is -4.51. The van der Waals surface area contributed by atoms with Crippen LogP contribution in [0.2, 0.25) is 10.3 Å². The first-order valence-corrected chi connectivity index (χ1v) is 23.7. The van der Waals surface area contributed by atoms with Gasteiger partial charge in [-0.05, 0) is 113 Å². The monoisotopic (exact) mass is 1100 g/mol. The third kappa shape index (κ3) is 14.9. The summed E-state index contributed by atoms with van der Waals surface area (Å²) in [7, 11) is 0. The number of carbonyl (C=O) groups is 3. The molecule has 18 nitrogen and oxygen atoms in total. The molecular weight excluding hydrogens is 1050 g/mol. The Morgan fingerprint density at radius 1 is 0.526 bits per heavy atom.